The zero-order valence-corrected chi connectivity index (χ0v) is 9.04. The summed E-state index contributed by atoms with van der Waals surface area (Å²) in [6, 6.07) is 3.78. The lowest BCUT2D eigenvalue weighted by molar-refractivity contribution is 0.108. The zero-order valence-electron chi connectivity index (χ0n) is 7.53. The van der Waals surface area contributed by atoms with Crippen LogP contribution in [0.1, 0.15) is 27.0 Å². The fourth-order valence-electron chi connectivity index (χ4n) is 1.34. The van der Waals surface area contributed by atoms with Crippen molar-refractivity contribution in [2.45, 2.75) is 19.7 Å². The fourth-order valence-corrected chi connectivity index (χ4v) is 1.92. The summed E-state index contributed by atoms with van der Waals surface area (Å²) in [5.41, 5.74) is 3.32. The second-order valence-electron chi connectivity index (χ2n) is 2.95. The number of carbonyl (C=O) groups excluding carboxylic acids is 1. The van der Waals surface area contributed by atoms with E-state index >= 15 is 0 Å². The van der Waals surface area contributed by atoms with Crippen molar-refractivity contribution in [3.8, 4) is 0 Å². The molecule has 0 heterocycles. The lowest BCUT2D eigenvalue weighted by Crippen LogP contribution is -2.00. The Morgan fingerprint density at radius 3 is 2.46 bits per heavy atom. The van der Waals surface area contributed by atoms with Crippen LogP contribution >= 0.6 is 23.2 Å². The first-order valence-electron chi connectivity index (χ1n) is 3.92. The summed E-state index contributed by atoms with van der Waals surface area (Å²) in [5.74, 6) is 0.406. The molecule has 0 aromatic heterocycles. The van der Waals surface area contributed by atoms with Gasteiger partial charge in [-0.1, -0.05) is 12.1 Å². The predicted molar refractivity (Wildman–Crippen MR) is 55.7 cm³/mol. The van der Waals surface area contributed by atoms with E-state index in [9.17, 15) is 4.79 Å². The van der Waals surface area contributed by atoms with Gasteiger partial charge in [-0.05, 0) is 42.1 Å². The molecule has 1 rings (SSSR count). The van der Waals surface area contributed by atoms with Crippen LogP contribution in [-0.4, -0.2) is 5.24 Å². The number of benzene rings is 1. The Bertz CT molecular complexity index is 345. The molecule has 0 unspecified atom stereocenters. The topological polar surface area (TPSA) is 17.1 Å². The zero-order chi connectivity index (χ0) is 10.0. The van der Waals surface area contributed by atoms with E-state index in [0.717, 1.165) is 16.7 Å². The summed E-state index contributed by atoms with van der Waals surface area (Å²) in [4.78, 5) is 11.1. The van der Waals surface area contributed by atoms with Crippen LogP contribution < -0.4 is 0 Å². The molecule has 0 saturated carbocycles. The smallest absolute Gasteiger partial charge is 0.252 e. The highest BCUT2D eigenvalue weighted by molar-refractivity contribution is 6.68. The average Bonchev–Trinajstić information content (AvgIpc) is 2.04. The molecule has 1 nitrogen and oxygen atoms in total. The minimum Gasteiger partial charge on any atom is -0.276 e. The van der Waals surface area contributed by atoms with Gasteiger partial charge >= 0.3 is 0 Å². The molecule has 0 aliphatic heterocycles. The van der Waals surface area contributed by atoms with Crippen molar-refractivity contribution in [3.63, 3.8) is 0 Å². The molecule has 0 amide bonds. The first kappa shape index (κ1) is 10.6. The molecule has 0 N–H and O–H groups in total. The van der Waals surface area contributed by atoms with Crippen LogP contribution in [0.15, 0.2) is 12.1 Å². The SMILES string of the molecule is Cc1ccc(CCl)c(C)c1C(=O)Cl. The van der Waals surface area contributed by atoms with E-state index in [1.165, 1.54) is 0 Å². The molecule has 0 atom stereocenters. The van der Waals surface area contributed by atoms with Crippen LogP contribution in [-0.2, 0) is 5.88 Å². The average molecular weight is 217 g/mol. The van der Waals surface area contributed by atoms with Gasteiger partial charge < -0.3 is 0 Å². The van der Waals surface area contributed by atoms with Gasteiger partial charge in [0.15, 0.2) is 0 Å². The van der Waals surface area contributed by atoms with Gasteiger partial charge in [0.25, 0.3) is 5.24 Å². The number of halogens is 2. The number of aryl methyl sites for hydroxylation is 1. The molecule has 0 spiro atoms. The highest BCUT2D eigenvalue weighted by Crippen LogP contribution is 2.21. The van der Waals surface area contributed by atoms with Crippen LogP contribution in [0.3, 0.4) is 0 Å². The third-order valence-electron chi connectivity index (χ3n) is 2.13. The molecule has 0 radical (unpaired) electrons. The minimum absolute atomic E-state index is 0.406. The molecule has 3 heteroatoms. The molecule has 1 aromatic rings. The quantitative estimate of drug-likeness (QED) is 0.547. The molecular weight excluding hydrogens is 207 g/mol. The second kappa shape index (κ2) is 4.12. The van der Waals surface area contributed by atoms with E-state index in [1.54, 1.807) is 0 Å². The Morgan fingerprint density at radius 2 is 2.00 bits per heavy atom. The van der Waals surface area contributed by atoms with Crippen LogP contribution in [0.2, 0.25) is 0 Å². The van der Waals surface area contributed by atoms with Gasteiger partial charge in [0, 0.05) is 11.4 Å². The highest BCUT2D eigenvalue weighted by Gasteiger charge is 2.11. The summed E-state index contributed by atoms with van der Waals surface area (Å²) in [5, 5.41) is -0.415. The number of hydrogen-bond acceptors (Lipinski definition) is 1. The van der Waals surface area contributed by atoms with Gasteiger partial charge in [0.1, 0.15) is 0 Å². The van der Waals surface area contributed by atoms with Gasteiger partial charge in [-0.15, -0.1) is 11.6 Å². The second-order valence-corrected chi connectivity index (χ2v) is 3.56. The van der Waals surface area contributed by atoms with Crippen LogP contribution in [0.5, 0.6) is 0 Å². The number of alkyl halides is 1. The van der Waals surface area contributed by atoms with Crippen molar-refractivity contribution in [2.24, 2.45) is 0 Å². The van der Waals surface area contributed by atoms with E-state index in [0.29, 0.717) is 11.4 Å². The molecular formula is C10H10Cl2O. The molecule has 1 aromatic carbocycles. The van der Waals surface area contributed by atoms with Crippen molar-refractivity contribution < 1.29 is 4.79 Å². The van der Waals surface area contributed by atoms with Crippen LogP contribution in [0, 0.1) is 13.8 Å². The molecule has 0 saturated heterocycles. The molecule has 13 heavy (non-hydrogen) atoms. The lowest BCUT2D eigenvalue weighted by atomic mass is 9.99. The van der Waals surface area contributed by atoms with Gasteiger partial charge in [0.2, 0.25) is 0 Å². The van der Waals surface area contributed by atoms with E-state index in [4.69, 9.17) is 23.2 Å². The molecule has 0 aliphatic rings. The van der Waals surface area contributed by atoms with E-state index < -0.39 is 5.24 Å². The summed E-state index contributed by atoms with van der Waals surface area (Å²) in [6.45, 7) is 3.72. The maximum absolute atomic E-state index is 11.1. The Kier molecular flexibility index (Phi) is 3.34. The summed E-state index contributed by atoms with van der Waals surface area (Å²) in [7, 11) is 0. The van der Waals surface area contributed by atoms with Gasteiger partial charge in [-0.25, -0.2) is 0 Å². The van der Waals surface area contributed by atoms with Crippen molar-refractivity contribution in [3.05, 3.63) is 34.4 Å². The van der Waals surface area contributed by atoms with E-state index in [2.05, 4.69) is 0 Å². The lowest BCUT2D eigenvalue weighted by Gasteiger charge is -2.08. The maximum Gasteiger partial charge on any atom is 0.252 e. The number of carbonyl (C=O) groups is 1. The highest BCUT2D eigenvalue weighted by atomic mass is 35.5. The first-order chi connectivity index (χ1) is 6.07. The largest absolute Gasteiger partial charge is 0.276 e. The monoisotopic (exact) mass is 216 g/mol. The molecule has 70 valence electrons. The Hall–Kier alpha value is -0.530. The van der Waals surface area contributed by atoms with Gasteiger partial charge in [0.05, 0.1) is 0 Å². The standard InChI is InChI=1S/C10H10Cl2O/c1-6-3-4-8(5-11)7(2)9(6)10(12)13/h3-4H,5H2,1-2H3. The van der Waals surface area contributed by atoms with Gasteiger partial charge in [-0.3, -0.25) is 4.79 Å². The predicted octanol–water partition coefficient (Wildman–Crippen LogP) is 3.42. The van der Waals surface area contributed by atoms with Crippen LogP contribution in [0.25, 0.3) is 0 Å². The normalized spacial score (nSPS) is 10.2. The molecule has 0 bridgehead atoms. The van der Waals surface area contributed by atoms with Crippen molar-refractivity contribution >= 4 is 28.4 Å². The third kappa shape index (κ3) is 2.04. The molecule has 0 fully saturated rings. The third-order valence-corrected chi connectivity index (χ3v) is 2.60. The summed E-state index contributed by atoms with van der Waals surface area (Å²) < 4.78 is 0. The Balaban J connectivity index is 3.38. The van der Waals surface area contributed by atoms with Gasteiger partial charge in [-0.2, -0.15) is 0 Å². The molecule has 0 aliphatic carbocycles. The summed E-state index contributed by atoms with van der Waals surface area (Å²) in [6.07, 6.45) is 0. The van der Waals surface area contributed by atoms with Crippen molar-refractivity contribution in [1.29, 1.82) is 0 Å². The number of rotatable bonds is 2. The summed E-state index contributed by atoms with van der Waals surface area (Å²) >= 11 is 11.2. The maximum atomic E-state index is 11.1. The van der Waals surface area contributed by atoms with Crippen molar-refractivity contribution in [2.75, 3.05) is 0 Å². The van der Waals surface area contributed by atoms with Crippen molar-refractivity contribution in [1.82, 2.24) is 0 Å². The Labute approximate surface area is 87.7 Å². The van der Waals surface area contributed by atoms with E-state index in [1.807, 2.05) is 26.0 Å². The minimum atomic E-state index is -0.415. The fraction of sp³-hybridized carbons (Fsp3) is 0.300. The van der Waals surface area contributed by atoms with E-state index in [-0.39, 0.29) is 0 Å². The Morgan fingerprint density at radius 1 is 1.38 bits per heavy atom. The van der Waals surface area contributed by atoms with Crippen LogP contribution in [0.4, 0.5) is 0 Å². The number of hydrogen-bond donors (Lipinski definition) is 0. The first-order valence-corrected chi connectivity index (χ1v) is 4.84.